The molecule has 2 aromatic rings. The van der Waals surface area contributed by atoms with Gasteiger partial charge in [0.2, 0.25) is 0 Å². The summed E-state index contributed by atoms with van der Waals surface area (Å²) < 4.78 is 0. The number of aromatic nitrogens is 1. The SMILES string of the molecule is Cc1cc(N/N=C\C(=O)O)nc2ccccc12. The maximum Gasteiger partial charge on any atom is 0.348 e. The Morgan fingerprint density at radius 2 is 2.24 bits per heavy atom. The van der Waals surface area contributed by atoms with Crippen molar-refractivity contribution < 1.29 is 9.90 Å². The number of aryl methyl sites for hydroxylation is 1. The zero-order valence-corrected chi connectivity index (χ0v) is 9.21. The number of hydrazone groups is 1. The van der Waals surface area contributed by atoms with E-state index in [-0.39, 0.29) is 0 Å². The van der Waals surface area contributed by atoms with Crippen LogP contribution in [-0.4, -0.2) is 22.3 Å². The number of carboxylic acid groups (broad SMARTS) is 1. The molecular weight excluding hydrogens is 218 g/mol. The van der Waals surface area contributed by atoms with E-state index in [1.165, 1.54) is 0 Å². The zero-order valence-electron chi connectivity index (χ0n) is 9.21. The van der Waals surface area contributed by atoms with Crippen molar-refractivity contribution in [3.63, 3.8) is 0 Å². The number of benzene rings is 1. The van der Waals surface area contributed by atoms with E-state index in [1.807, 2.05) is 37.3 Å². The lowest BCUT2D eigenvalue weighted by atomic mass is 10.1. The van der Waals surface area contributed by atoms with Gasteiger partial charge in [-0.15, -0.1) is 0 Å². The summed E-state index contributed by atoms with van der Waals surface area (Å²) in [5.74, 6) is -0.575. The fraction of sp³-hybridized carbons (Fsp3) is 0.0833. The molecule has 0 aliphatic carbocycles. The van der Waals surface area contributed by atoms with Crippen molar-refractivity contribution in [2.24, 2.45) is 5.10 Å². The highest BCUT2D eigenvalue weighted by Gasteiger charge is 2.00. The molecule has 0 radical (unpaired) electrons. The molecule has 2 N–H and O–H groups in total. The normalized spacial score (nSPS) is 10.9. The molecule has 17 heavy (non-hydrogen) atoms. The van der Waals surface area contributed by atoms with Gasteiger partial charge in [0.05, 0.1) is 5.52 Å². The van der Waals surface area contributed by atoms with E-state index in [0.29, 0.717) is 5.82 Å². The van der Waals surface area contributed by atoms with Gasteiger partial charge >= 0.3 is 5.97 Å². The standard InChI is InChI=1S/C12H11N3O2/c1-8-6-11(15-13-7-12(16)17)14-10-5-3-2-4-9(8)10/h2-7H,1H3,(H,14,15)(H,16,17)/b13-7-. The Bertz CT molecular complexity index is 593. The number of nitrogens with one attached hydrogen (secondary N) is 1. The van der Waals surface area contributed by atoms with Gasteiger partial charge in [-0.2, -0.15) is 5.10 Å². The number of pyridine rings is 1. The summed E-state index contributed by atoms with van der Waals surface area (Å²) in [7, 11) is 0. The second-order valence-electron chi connectivity index (χ2n) is 3.55. The number of rotatable bonds is 3. The molecule has 86 valence electrons. The van der Waals surface area contributed by atoms with Crippen LogP contribution >= 0.6 is 0 Å². The second-order valence-corrected chi connectivity index (χ2v) is 3.55. The first-order chi connectivity index (χ1) is 8.16. The largest absolute Gasteiger partial charge is 0.477 e. The topological polar surface area (TPSA) is 74.6 Å². The lowest BCUT2D eigenvalue weighted by Gasteiger charge is -2.04. The highest BCUT2D eigenvalue weighted by molar-refractivity contribution is 6.22. The summed E-state index contributed by atoms with van der Waals surface area (Å²) >= 11 is 0. The Morgan fingerprint density at radius 1 is 1.47 bits per heavy atom. The van der Waals surface area contributed by atoms with E-state index >= 15 is 0 Å². The van der Waals surface area contributed by atoms with Crippen LogP contribution in [0.4, 0.5) is 5.82 Å². The smallest absolute Gasteiger partial charge is 0.348 e. The molecule has 0 fully saturated rings. The second kappa shape index (κ2) is 4.61. The van der Waals surface area contributed by atoms with Crippen molar-refractivity contribution in [1.29, 1.82) is 0 Å². The summed E-state index contributed by atoms with van der Waals surface area (Å²) in [6, 6.07) is 9.56. The molecule has 0 spiro atoms. The van der Waals surface area contributed by atoms with Gasteiger partial charge in [-0.05, 0) is 24.6 Å². The van der Waals surface area contributed by atoms with Gasteiger partial charge in [-0.3, -0.25) is 5.43 Å². The molecule has 0 atom stereocenters. The summed E-state index contributed by atoms with van der Waals surface area (Å²) in [6.45, 7) is 1.97. The molecule has 0 saturated heterocycles. The third-order valence-electron chi connectivity index (χ3n) is 2.28. The molecule has 5 heteroatoms. The number of fused-ring (bicyclic) bond motifs is 1. The van der Waals surface area contributed by atoms with Crippen LogP contribution in [0.3, 0.4) is 0 Å². The highest BCUT2D eigenvalue weighted by Crippen LogP contribution is 2.19. The lowest BCUT2D eigenvalue weighted by Crippen LogP contribution is -2.00. The van der Waals surface area contributed by atoms with Gasteiger partial charge < -0.3 is 5.11 Å². The minimum Gasteiger partial charge on any atom is -0.477 e. The van der Waals surface area contributed by atoms with Crippen molar-refractivity contribution >= 4 is 28.9 Å². The maximum absolute atomic E-state index is 10.3. The van der Waals surface area contributed by atoms with Crippen molar-refractivity contribution in [3.8, 4) is 0 Å². The third-order valence-corrected chi connectivity index (χ3v) is 2.28. The van der Waals surface area contributed by atoms with E-state index in [4.69, 9.17) is 5.11 Å². The summed E-state index contributed by atoms with van der Waals surface area (Å²) in [6.07, 6.45) is 0.784. The number of para-hydroxylation sites is 1. The Kier molecular flexibility index (Phi) is 3.00. The average molecular weight is 229 g/mol. The van der Waals surface area contributed by atoms with Crippen LogP contribution in [-0.2, 0) is 4.79 Å². The minimum atomic E-state index is -1.10. The summed E-state index contributed by atoms with van der Waals surface area (Å²) in [4.78, 5) is 14.6. The van der Waals surface area contributed by atoms with Gasteiger partial charge in [0.25, 0.3) is 0 Å². The fourth-order valence-corrected chi connectivity index (χ4v) is 1.56. The lowest BCUT2D eigenvalue weighted by molar-refractivity contribution is -0.128. The number of carboxylic acids is 1. The molecular formula is C12H11N3O2. The van der Waals surface area contributed by atoms with Crippen LogP contribution < -0.4 is 5.43 Å². The van der Waals surface area contributed by atoms with Gasteiger partial charge in [0, 0.05) is 5.39 Å². The Morgan fingerprint density at radius 3 is 3.00 bits per heavy atom. The predicted octanol–water partition coefficient (Wildman–Crippen LogP) is 2.03. The van der Waals surface area contributed by atoms with E-state index in [0.717, 1.165) is 22.7 Å². The number of nitrogens with zero attached hydrogens (tertiary/aromatic N) is 2. The van der Waals surface area contributed by atoms with Crippen LogP contribution in [0.2, 0.25) is 0 Å². The fourth-order valence-electron chi connectivity index (χ4n) is 1.56. The Labute approximate surface area is 97.8 Å². The maximum atomic E-state index is 10.3. The van der Waals surface area contributed by atoms with E-state index in [1.54, 1.807) is 0 Å². The number of aliphatic carboxylic acids is 1. The van der Waals surface area contributed by atoms with Gasteiger partial charge in [0.15, 0.2) is 0 Å². The Balaban J connectivity index is 2.33. The molecule has 0 aliphatic heterocycles. The van der Waals surface area contributed by atoms with Gasteiger partial charge in [-0.25, -0.2) is 9.78 Å². The first-order valence-electron chi connectivity index (χ1n) is 5.05. The zero-order chi connectivity index (χ0) is 12.3. The number of hydrogen-bond donors (Lipinski definition) is 2. The van der Waals surface area contributed by atoms with Crippen LogP contribution in [0.25, 0.3) is 10.9 Å². The van der Waals surface area contributed by atoms with Crippen molar-refractivity contribution in [1.82, 2.24) is 4.98 Å². The molecule has 1 aromatic heterocycles. The summed E-state index contributed by atoms with van der Waals surface area (Å²) in [5.41, 5.74) is 4.49. The van der Waals surface area contributed by atoms with Crippen LogP contribution in [0.1, 0.15) is 5.56 Å². The highest BCUT2D eigenvalue weighted by atomic mass is 16.4. The van der Waals surface area contributed by atoms with E-state index in [2.05, 4.69) is 15.5 Å². The van der Waals surface area contributed by atoms with E-state index < -0.39 is 5.97 Å². The van der Waals surface area contributed by atoms with Crippen LogP contribution in [0.5, 0.6) is 0 Å². The first-order valence-corrected chi connectivity index (χ1v) is 5.05. The van der Waals surface area contributed by atoms with Crippen molar-refractivity contribution in [2.45, 2.75) is 6.92 Å². The minimum absolute atomic E-state index is 0.527. The van der Waals surface area contributed by atoms with Crippen molar-refractivity contribution in [3.05, 3.63) is 35.9 Å². The molecule has 0 amide bonds. The molecule has 5 nitrogen and oxygen atoms in total. The van der Waals surface area contributed by atoms with Crippen LogP contribution in [0.15, 0.2) is 35.4 Å². The van der Waals surface area contributed by atoms with Gasteiger partial charge in [-0.1, -0.05) is 18.2 Å². The molecule has 0 aliphatic rings. The first kappa shape index (κ1) is 11.1. The average Bonchev–Trinajstić information content (AvgIpc) is 2.28. The monoisotopic (exact) mass is 229 g/mol. The van der Waals surface area contributed by atoms with E-state index in [9.17, 15) is 4.79 Å². The quantitative estimate of drug-likeness (QED) is 0.623. The third kappa shape index (κ3) is 2.57. The molecule has 0 bridgehead atoms. The van der Waals surface area contributed by atoms with Gasteiger partial charge in [0.1, 0.15) is 12.0 Å². The predicted molar refractivity (Wildman–Crippen MR) is 66.2 cm³/mol. The van der Waals surface area contributed by atoms with Crippen molar-refractivity contribution in [2.75, 3.05) is 5.43 Å². The van der Waals surface area contributed by atoms with Crippen LogP contribution in [0, 0.1) is 6.92 Å². The molecule has 1 heterocycles. The number of hydrogen-bond acceptors (Lipinski definition) is 4. The molecule has 1 aromatic carbocycles. The molecule has 0 saturated carbocycles. The Hall–Kier alpha value is -2.43. The number of carbonyl (C=O) groups is 1. The summed E-state index contributed by atoms with van der Waals surface area (Å²) in [5, 5.41) is 13.0. The number of anilines is 1. The molecule has 0 unspecified atom stereocenters. The molecule has 2 rings (SSSR count).